The van der Waals surface area contributed by atoms with Crippen molar-refractivity contribution < 1.29 is 17.7 Å². The number of methoxy groups -OCH3 is 1. The molecule has 0 saturated carbocycles. The fraction of sp³-hybridized carbons (Fsp3) is 0.357. The molecule has 1 N–H and O–H groups in total. The molecule has 0 bridgehead atoms. The van der Waals surface area contributed by atoms with E-state index in [0.29, 0.717) is 17.9 Å². The third-order valence-electron chi connectivity index (χ3n) is 3.03. The Balaban J connectivity index is 2.02. The summed E-state index contributed by atoms with van der Waals surface area (Å²) in [7, 11) is -1.98. The molecule has 0 saturated heterocycles. The highest BCUT2D eigenvalue weighted by Gasteiger charge is 2.15. The average molecular weight is 310 g/mol. The van der Waals surface area contributed by atoms with Gasteiger partial charge in [0.15, 0.2) is 0 Å². The predicted molar refractivity (Wildman–Crippen MR) is 77.9 cm³/mol. The number of nitrogens with zero attached hydrogens (tertiary/aromatic N) is 1. The highest BCUT2D eigenvalue weighted by molar-refractivity contribution is 7.89. The third-order valence-corrected chi connectivity index (χ3v) is 4.49. The van der Waals surface area contributed by atoms with Crippen molar-refractivity contribution in [2.45, 2.75) is 25.2 Å². The number of hydrogen-bond acceptors (Lipinski definition) is 5. The molecular weight excluding hydrogens is 292 g/mol. The summed E-state index contributed by atoms with van der Waals surface area (Å²) in [6.07, 6.45) is 0.478. The van der Waals surface area contributed by atoms with E-state index in [1.54, 1.807) is 39.2 Å². The molecule has 2 aromatic rings. The molecule has 0 spiro atoms. The molecule has 7 heteroatoms. The van der Waals surface area contributed by atoms with Gasteiger partial charge in [0, 0.05) is 19.0 Å². The molecule has 1 heterocycles. The molecule has 0 aliphatic heterocycles. The van der Waals surface area contributed by atoms with Gasteiger partial charge in [-0.15, -0.1) is 0 Å². The van der Waals surface area contributed by atoms with Gasteiger partial charge in [0.1, 0.15) is 11.5 Å². The second-order valence-electron chi connectivity index (χ2n) is 4.71. The summed E-state index contributed by atoms with van der Waals surface area (Å²) < 4.78 is 37.0. The van der Waals surface area contributed by atoms with Crippen LogP contribution in [0.15, 0.2) is 33.7 Å². The van der Waals surface area contributed by atoms with Crippen molar-refractivity contribution >= 4 is 10.0 Å². The Labute approximate surface area is 124 Å². The zero-order valence-electron chi connectivity index (χ0n) is 12.2. The molecule has 1 aromatic carbocycles. The fourth-order valence-electron chi connectivity index (χ4n) is 1.95. The van der Waals surface area contributed by atoms with E-state index in [2.05, 4.69) is 9.88 Å². The van der Waals surface area contributed by atoms with Gasteiger partial charge in [0.05, 0.1) is 17.7 Å². The van der Waals surface area contributed by atoms with Gasteiger partial charge >= 0.3 is 0 Å². The SMILES string of the molecule is COc1ccc(S(=O)(=O)NCCc2cc(C)on2)cc1C. The molecule has 0 aliphatic rings. The Hall–Kier alpha value is -1.86. The number of aryl methyl sites for hydroxylation is 2. The van der Waals surface area contributed by atoms with E-state index in [-0.39, 0.29) is 11.4 Å². The maximum Gasteiger partial charge on any atom is 0.240 e. The summed E-state index contributed by atoms with van der Waals surface area (Å²) in [5.74, 6) is 1.37. The molecule has 0 aliphatic carbocycles. The monoisotopic (exact) mass is 310 g/mol. The van der Waals surface area contributed by atoms with E-state index < -0.39 is 10.0 Å². The Morgan fingerprint density at radius 3 is 2.62 bits per heavy atom. The lowest BCUT2D eigenvalue weighted by Crippen LogP contribution is -2.26. The molecule has 114 valence electrons. The predicted octanol–water partition coefficient (Wildman–Crippen LogP) is 1.82. The minimum atomic E-state index is -3.54. The first kappa shape index (κ1) is 15.5. The molecule has 0 atom stereocenters. The second kappa shape index (κ2) is 6.28. The van der Waals surface area contributed by atoms with Crippen LogP contribution in [-0.4, -0.2) is 27.2 Å². The van der Waals surface area contributed by atoms with Gasteiger partial charge in [-0.05, 0) is 37.6 Å². The first-order chi connectivity index (χ1) is 9.92. The lowest BCUT2D eigenvalue weighted by molar-refractivity contribution is 0.390. The molecule has 2 rings (SSSR count). The summed E-state index contributed by atoms with van der Waals surface area (Å²) in [5, 5.41) is 3.82. The summed E-state index contributed by atoms with van der Waals surface area (Å²) >= 11 is 0. The van der Waals surface area contributed by atoms with Crippen molar-refractivity contribution in [2.24, 2.45) is 0 Å². The van der Waals surface area contributed by atoms with Crippen LogP contribution >= 0.6 is 0 Å². The number of aromatic nitrogens is 1. The van der Waals surface area contributed by atoms with Crippen LogP contribution in [0, 0.1) is 13.8 Å². The third kappa shape index (κ3) is 3.83. The van der Waals surface area contributed by atoms with Crippen molar-refractivity contribution in [3.8, 4) is 5.75 Å². The lowest BCUT2D eigenvalue weighted by Gasteiger charge is -2.09. The molecule has 0 amide bonds. The minimum absolute atomic E-state index is 0.220. The lowest BCUT2D eigenvalue weighted by atomic mass is 10.2. The molecule has 0 radical (unpaired) electrons. The summed E-state index contributed by atoms with van der Waals surface area (Å²) in [5.41, 5.74) is 1.49. The maximum absolute atomic E-state index is 12.2. The number of hydrogen-bond donors (Lipinski definition) is 1. The van der Waals surface area contributed by atoms with Gasteiger partial charge < -0.3 is 9.26 Å². The molecule has 0 unspecified atom stereocenters. The Kier molecular flexibility index (Phi) is 4.64. The minimum Gasteiger partial charge on any atom is -0.496 e. The molecule has 21 heavy (non-hydrogen) atoms. The van der Waals surface area contributed by atoms with Crippen LogP contribution in [0.1, 0.15) is 17.0 Å². The molecule has 1 aromatic heterocycles. The largest absolute Gasteiger partial charge is 0.496 e. The van der Waals surface area contributed by atoms with Crippen LogP contribution in [0.2, 0.25) is 0 Å². The molecule has 0 fully saturated rings. The van der Waals surface area contributed by atoms with E-state index >= 15 is 0 Å². The summed E-state index contributed by atoms with van der Waals surface area (Å²) in [4.78, 5) is 0.220. The molecule has 6 nitrogen and oxygen atoms in total. The van der Waals surface area contributed by atoms with Crippen molar-refractivity contribution in [1.29, 1.82) is 0 Å². The van der Waals surface area contributed by atoms with Gasteiger partial charge in [-0.25, -0.2) is 13.1 Å². The first-order valence-corrected chi connectivity index (χ1v) is 7.97. The van der Waals surface area contributed by atoms with Crippen molar-refractivity contribution in [1.82, 2.24) is 9.88 Å². The van der Waals surface area contributed by atoms with Gasteiger partial charge in [-0.3, -0.25) is 0 Å². The Morgan fingerprint density at radius 1 is 1.29 bits per heavy atom. The van der Waals surface area contributed by atoms with E-state index in [1.807, 2.05) is 0 Å². The van der Waals surface area contributed by atoms with E-state index in [1.165, 1.54) is 6.07 Å². The van der Waals surface area contributed by atoms with Crippen LogP contribution in [0.4, 0.5) is 0 Å². The van der Waals surface area contributed by atoms with Crippen LogP contribution < -0.4 is 9.46 Å². The second-order valence-corrected chi connectivity index (χ2v) is 6.48. The van der Waals surface area contributed by atoms with Gasteiger partial charge in [0.25, 0.3) is 0 Å². The van der Waals surface area contributed by atoms with Crippen LogP contribution in [-0.2, 0) is 16.4 Å². The fourth-order valence-corrected chi connectivity index (χ4v) is 3.07. The van der Waals surface area contributed by atoms with Crippen molar-refractivity contribution in [3.05, 3.63) is 41.3 Å². The Morgan fingerprint density at radius 2 is 2.05 bits per heavy atom. The highest BCUT2D eigenvalue weighted by Crippen LogP contribution is 2.21. The number of nitrogens with one attached hydrogen (secondary N) is 1. The number of sulfonamides is 1. The first-order valence-electron chi connectivity index (χ1n) is 6.49. The standard InChI is InChI=1S/C14H18N2O4S/c1-10-8-13(4-5-14(10)19-3)21(17,18)15-7-6-12-9-11(2)20-16-12/h4-5,8-9,15H,6-7H2,1-3H3. The topological polar surface area (TPSA) is 81.4 Å². The van der Waals surface area contributed by atoms with Crippen molar-refractivity contribution in [3.63, 3.8) is 0 Å². The summed E-state index contributed by atoms with van der Waals surface area (Å²) in [6, 6.07) is 6.53. The number of ether oxygens (including phenoxy) is 1. The number of benzene rings is 1. The van der Waals surface area contributed by atoms with E-state index in [9.17, 15) is 8.42 Å². The quantitative estimate of drug-likeness (QED) is 0.880. The van der Waals surface area contributed by atoms with Crippen LogP contribution in [0.3, 0.4) is 0 Å². The number of rotatable bonds is 6. The van der Waals surface area contributed by atoms with Gasteiger partial charge in [0.2, 0.25) is 10.0 Å². The zero-order chi connectivity index (χ0) is 15.5. The smallest absolute Gasteiger partial charge is 0.240 e. The van der Waals surface area contributed by atoms with Gasteiger partial charge in [-0.1, -0.05) is 5.16 Å². The average Bonchev–Trinajstić information content (AvgIpc) is 2.84. The molecular formula is C14H18N2O4S. The highest BCUT2D eigenvalue weighted by atomic mass is 32.2. The zero-order valence-corrected chi connectivity index (χ0v) is 13.0. The van der Waals surface area contributed by atoms with Crippen LogP contribution in [0.25, 0.3) is 0 Å². The van der Waals surface area contributed by atoms with Gasteiger partial charge in [-0.2, -0.15) is 0 Å². The van der Waals surface area contributed by atoms with E-state index in [0.717, 1.165) is 11.3 Å². The van der Waals surface area contributed by atoms with Crippen molar-refractivity contribution in [2.75, 3.05) is 13.7 Å². The van der Waals surface area contributed by atoms with Crippen LogP contribution in [0.5, 0.6) is 5.75 Å². The Bertz CT molecular complexity index is 722. The normalized spacial score (nSPS) is 11.6. The van der Waals surface area contributed by atoms with E-state index in [4.69, 9.17) is 9.26 Å². The maximum atomic E-state index is 12.2. The summed E-state index contributed by atoms with van der Waals surface area (Å²) in [6.45, 7) is 3.86.